The Morgan fingerprint density at radius 3 is 2.64 bits per heavy atom. The maximum atomic E-state index is 5.73. The lowest BCUT2D eigenvalue weighted by atomic mass is 10.1. The SMILES string of the molecule is CC1=CC(c2ccccc2)SC(N)=N1. The molecule has 72 valence electrons. The van der Waals surface area contributed by atoms with E-state index >= 15 is 0 Å². The molecule has 0 aliphatic carbocycles. The molecule has 1 aromatic carbocycles. The van der Waals surface area contributed by atoms with Crippen LogP contribution in [0.15, 0.2) is 47.1 Å². The third kappa shape index (κ3) is 1.99. The van der Waals surface area contributed by atoms with Crippen LogP contribution in [0.3, 0.4) is 0 Å². The fraction of sp³-hybridized carbons (Fsp3) is 0.182. The summed E-state index contributed by atoms with van der Waals surface area (Å²) in [4.78, 5) is 4.18. The highest BCUT2D eigenvalue weighted by Crippen LogP contribution is 2.34. The Morgan fingerprint density at radius 2 is 2.00 bits per heavy atom. The molecule has 3 heteroatoms. The zero-order valence-corrected chi connectivity index (χ0v) is 8.79. The van der Waals surface area contributed by atoms with E-state index in [-0.39, 0.29) is 0 Å². The van der Waals surface area contributed by atoms with Gasteiger partial charge in [-0.25, -0.2) is 4.99 Å². The minimum absolute atomic E-state index is 0.314. The first-order valence-electron chi connectivity index (χ1n) is 4.50. The van der Waals surface area contributed by atoms with Gasteiger partial charge < -0.3 is 5.73 Å². The van der Waals surface area contributed by atoms with E-state index in [2.05, 4.69) is 23.2 Å². The minimum Gasteiger partial charge on any atom is -0.378 e. The van der Waals surface area contributed by atoms with Gasteiger partial charge in [-0.15, -0.1) is 0 Å². The maximum absolute atomic E-state index is 5.73. The van der Waals surface area contributed by atoms with E-state index in [1.54, 1.807) is 11.8 Å². The molecular weight excluding hydrogens is 192 g/mol. The molecule has 1 heterocycles. The number of hydrogen-bond acceptors (Lipinski definition) is 3. The van der Waals surface area contributed by atoms with Gasteiger partial charge in [0.15, 0.2) is 5.17 Å². The van der Waals surface area contributed by atoms with Crippen LogP contribution >= 0.6 is 11.8 Å². The lowest BCUT2D eigenvalue weighted by Gasteiger charge is -2.16. The summed E-state index contributed by atoms with van der Waals surface area (Å²) in [6.07, 6.45) is 2.14. The summed E-state index contributed by atoms with van der Waals surface area (Å²) in [5.74, 6) is 0. The van der Waals surface area contributed by atoms with Gasteiger partial charge >= 0.3 is 0 Å². The molecule has 0 aromatic heterocycles. The molecule has 2 rings (SSSR count). The van der Waals surface area contributed by atoms with Crippen molar-refractivity contribution in [2.75, 3.05) is 0 Å². The first-order chi connectivity index (χ1) is 6.75. The van der Waals surface area contributed by atoms with E-state index in [0.717, 1.165) is 5.70 Å². The van der Waals surface area contributed by atoms with Crippen molar-refractivity contribution in [3.05, 3.63) is 47.7 Å². The molecular formula is C11H12N2S. The van der Waals surface area contributed by atoms with Crippen LogP contribution in [0.25, 0.3) is 0 Å². The minimum atomic E-state index is 0.314. The molecule has 0 spiro atoms. The van der Waals surface area contributed by atoms with Gasteiger partial charge in [0.05, 0.1) is 5.25 Å². The molecule has 1 aromatic rings. The average molecular weight is 204 g/mol. The van der Waals surface area contributed by atoms with E-state index in [4.69, 9.17) is 5.73 Å². The molecule has 14 heavy (non-hydrogen) atoms. The Labute approximate surface area is 87.9 Å². The van der Waals surface area contributed by atoms with Crippen LogP contribution in [0.5, 0.6) is 0 Å². The summed E-state index contributed by atoms with van der Waals surface area (Å²) in [6.45, 7) is 1.97. The molecule has 2 nitrogen and oxygen atoms in total. The van der Waals surface area contributed by atoms with Gasteiger partial charge in [0.1, 0.15) is 0 Å². The quantitative estimate of drug-likeness (QED) is 0.763. The van der Waals surface area contributed by atoms with E-state index in [1.807, 2.05) is 25.1 Å². The Kier molecular flexibility index (Phi) is 2.59. The van der Waals surface area contributed by atoms with Crippen molar-refractivity contribution in [2.45, 2.75) is 12.2 Å². The molecule has 0 amide bonds. The van der Waals surface area contributed by atoms with Crippen molar-refractivity contribution >= 4 is 16.9 Å². The number of amidine groups is 1. The molecule has 1 aliphatic rings. The number of hydrogen-bond donors (Lipinski definition) is 1. The van der Waals surface area contributed by atoms with Gasteiger partial charge in [0.25, 0.3) is 0 Å². The molecule has 1 aliphatic heterocycles. The number of thioether (sulfide) groups is 1. The highest BCUT2D eigenvalue weighted by atomic mass is 32.2. The van der Waals surface area contributed by atoms with Gasteiger partial charge in [-0.2, -0.15) is 0 Å². The van der Waals surface area contributed by atoms with Crippen molar-refractivity contribution in [3.63, 3.8) is 0 Å². The Hall–Kier alpha value is -1.22. The highest BCUT2D eigenvalue weighted by Gasteiger charge is 2.15. The van der Waals surface area contributed by atoms with Gasteiger partial charge in [-0.3, -0.25) is 0 Å². The highest BCUT2D eigenvalue weighted by molar-refractivity contribution is 8.14. The predicted molar refractivity (Wildman–Crippen MR) is 62.2 cm³/mol. The molecule has 0 saturated carbocycles. The average Bonchev–Trinajstić information content (AvgIpc) is 2.18. The third-order valence-electron chi connectivity index (χ3n) is 2.05. The number of nitrogens with two attached hydrogens (primary N) is 1. The van der Waals surface area contributed by atoms with Crippen LogP contribution in [-0.2, 0) is 0 Å². The molecule has 0 radical (unpaired) electrons. The smallest absolute Gasteiger partial charge is 0.159 e. The zero-order valence-electron chi connectivity index (χ0n) is 7.97. The molecule has 0 fully saturated rings. The van der Waals surface area contributed by atoms with Crippen LogP contribution < -0.4 is 5.73 Å². The van der Waals surface area contributed by atoms with E-state index in [0.29, 0.717) is 10.4 Å². The zero-order chi connectivity index (χ0) is 9.97. The maximum Gasteiger partial charge on any atom is 0.159 e. The largest absolute Gasteiger partial charge is 0.378 e. The monoisotopic (exact) mass is 204 g/mol. The van der Waals surface area contributed by atoms with Gasteiger partial charge in [0, 0.05) is 5.70 Å². The molecule has 1 unspecified atom stereocenters. The summed E-state index contributed by atoms with van der Waals surface area (Å²) in [6, 6.07) is 10.3. The Balaban J connectivity index is 2.27. The van der Waals surface area contributed by atoms with E-state index in [1.165, 1.54) is 5.56 Å². The summed E-state index contributed by atoms with van der Waals surface area (Å²) in [5.41, 5.74) is 7.99. The molecule has 0 saturated heterocycles. The topological polar surface area (TPSA) is 38.4 Å². The fourth-order valence-electron chi connectivity index (χ4n) is 1.43. The number of nitrogens with zero attached hydrogens (tertiary/aromatic N) is 1. The second kappa shape index (κ2) is 3.88. The van der Waals surface area contributed by atoms with Crippen molar-refractivity contribution < 1.29 is 0 Å². The van der Waals surface area contributed by atoms with E-state index < -0.39 is 0 Å². The Bertz CT molecular complexity index is 382. The van der Waals surface area contributed by atoms with E-state index in [9.17, 15) is 0 Å². The van der Waals surface area contributed by atoms with Gasteiger partial charge in [-0.1, -0.05) is 42.1 Å². The summed E-state index contributed by atoms with van der Waals surface area (Å²) in [5, 5.41) is 0.965. The second-order valence-electron chi connectivity index (χ2n) is 3.21. The number of aliphatic imine (C=N–C) groups is 1. The fourth-order valence-corrected chi connectivity index (χ4v) is 2.44. The normalized spacial score (nSPS) is 21.4. The standard InChI is InChI=1S/C11H12N2S/c1-8-7-10(14-11(12)13-8)9-5-3-2-4-6-9/h2-7,10H,1H3,(H2,12,13). The first kappa shape index (κ1) is 9.34. The summed E-state index contributed by atoms with van der Waals surface area (Å²) < 4.78 is 0. The van der Waals surface area contributed by atoms with Crippen molar-refractivity contribution in [3.8, 4) is 0 Å². The van der Waals surface area contributed by atoms with Crippen molar-refractivity contribution in [1.82, 2.24) is 0 Å². The van der Waals surface area contributed by atoms with Crippen LogP contribution in [0.4, 0.5) is 0 Å². The first-order valence-corrected chi connectivity index (χ1v) is 5.38. The van der Waals surface area contributed by atoms with Crippen molar-refractivity contribution in [2.24, 2.45) is 10.7 Å². The summed E-state index contributed by atoms with van der Waals surface area (Å²) in [7, 11) is 0. The summed E-state index contributed by atoms with van der Waals surface area (Å²) >= 11 is 1.59. The lowest BCUT2D eigenvalue weighted by molar-refractivity contribution is 1.15. The third-order valence-corrected chi connectivity index (χ3v) is 3.05. The Morgan fingerprint density at radius 1 is 1.29 bits per heavy atom. The van der Waals surface area contributed by atoms with Crippen LogP contribution in [0.1, 0.15) is 17.7 Å². The number of allylic oxidation sites excluding steroid dienone is 1. The lowest BCUT2D eigenvalue weighted by Crippen LogP contribution is -2.12. The second-order valence-corrected chi connectivity index (χ2v) is 4.37. The van der Waals surface area contributed by atoms with Gasteiger partial charge in [0.2, 0.25) is 0 Å². The van der Waals surface area contributed by atoms with Crippen LogP contribution in [-0.4, -0.2) is 5.17 Å². The number of benzene rings is 1. The van der Waals surface area contributed by atoms with Crippen LogP contribution in [0, 0.1) is 0 Å². The molecule has 0 bridgehead atoms. The molecule has 1 atom stereocenters. The molecule has 2 N–H and O–H groups in total. The van der Waals surface area contributed by atoms with Crippen molar-refractivity contribution in [1.29, 1.82) is 0 Å². The number of rotatable bonds is 1. The van der Waals surface area contributed by atoms with Gasteiger partial charge in [-0.05, 0) is 18.6 Å². The van der Waals surface area contributed by atoms with Crippen LogP contribution in [0.2, 0.25) is 0 Å². The predicted octanol–water partition coefficient (Wildman–Crippen LogP) is 2.69.